The van der Waals surface area contributed by atoms with Crippen molar-refractivity contribution in [2.45, 2.75) is 32.0 Å². The molecule has 1 amide bonds. The summed E-state index contributed by atoms with van der Waals surface area (Å²) in [6.45, 7) is 7.70. The van der Waals surface area contributed by atoms with Gasteiger partial charge in [0, 0.05) is 11.6 Å². The van der Waals surface area contributed by atoms with E-state index in [4.69, 9.17) is 0 Å². The van der Waals surface area contributed by atoms with Crippen LogP contribution in [0.2, 0.25) is 5.31 Å². The zero-order valence-electron chi connectivity index (χ0n) is 8.54. The van der Waals surface area contributed by atoms with Crippen molar-refractivity contribution in [3.05, 3.63) is 17.6 Å². The first-order valence-electron chi connectivity index (χ1n) is 4.41. The Balaban J connectivity index is 4.00. The number of hydrogen-bond donors (Lipinski definition) is 0. The van der Waals surface area contributed by atoms with Gasteiger partial charge in [-0.2, -0.15) is 0 Å². The summed E-state index contributed by atoms with van der Waals surface area (Å²) in [6.07, 6.45) is 2.95. The first kappa shape index (κ1) is 12.1. The van der Waals surface area contributed by atoms with Crippen LogP contribution in [0.4, 0.5) is 0 Å². The van der Waals surface area contributed by atoms with Crippen molar-refractivity contribution in [3.63, 3.8) is 0 Å². The lowest BCUT2D eigenvalue weighted by Gasteiger charge is -2.23. The van der Waals surface area contributed by atoms with E-state index in [9.17, 15) is 9.70 Å². The standard InChI is InChI=1S/C9H16BNO2/c1-4-9(3,10)6-7(2)5-8(12)11-13/h4,7H,1,5-6,10H2,2-3H3/t7-,9?/m0/s1. The zero-order valence-corrected chi connectivity index (χ0v) is 8.54. The number of nitrogens with zero attached hydrogens (tertiary/aromatic N) is 1. The Labute approximate surface area is 80.0 Å². The van der Waals surface area contributed by atoms with Crippen LogP contribution in [0.3, 0.4) is 0 Å². The molecule has 0 bridgehead atoms. The SMILES string of the molecule is BC(C)(C=C)C[C@@H](C)CC(=O)N=O. The Kier molecular flexibility index (Phi) is 4.59. The predicted octanol–water partition coefficient (Wildman–Crippen LogP) is 1.69. The van der Waals surface area contributed by atoms with E-state index >= 15 is 0 Å². The normalized spacial score (nSPS) is 17.1. The van der Waals surface area contributed by atoms with Crippen molar-refractivity contribution in [2.24, 2.45) is 11.1 Å². The molecule has 0 N–H and O–H groups in total. The lowest BCUT2D eigenvalue weighted by atomic mass is 9.65. The third-order valence-corrected chi connectivity index (χ3v) is 2.05. The summed E-state index contributed by atoms with van der Waals surface area (Å²) in [5.74, 6) is -0.384. The van der Waals surface area contributed by atoms with Gasteiger partial charge in [0.15, 0.2) is 0 Å². The van der Waals surface area contributed by atoms with Crippen LogP contribution >= 0.6 is 0 Å². The number of rotatable bonds is 5. The maximum absolute atomic E-state index is 10.7. The van der Waals surface area contributed by atoms with Crippen LogP contribution in [-0.4, -0.2) is 13.8 Å². The largest absolute Gasteiger partial charge is 0.286 e. The van der Waals surface area contributed by atoms with Gasteiger partial charge in [-0.05, 0) is 17.7 Å². The van der Waals surface area contributed by atoms with E-state index in [2.05, 4.69) is 26.5 Å². The van der Waals surface area contributed by atoms with Gasteiger partial charge in [0.25, 0.3) is 5.91 Å². The second-order valence-electron chi connectivity index (χ2n) is 4.19. The first-order valence-corrected chi connectivity index (χ1v) is 4.41. The molecule has 3 nitrogen and oxygen atoms in total. The molecule has 0 aromatic rings. The average Bonchev–Trinajstić information content (AvgIpc) is 2.03. The lowest BCUT2D eigenvalue weighted by Crippen LogP contribution is -2.12. The first-order chi connectivity index (χ1) is 5.91. The third-order valence-electron chi connectivity index (χ3n) is 2.05. The molecule has 0 fully saturated rings. The molecule has 13 heavy (non-hydrogen) atoms. The molecule has 0 aliphatic heterocycles. The fraction of sp³-hybridized carbons (Fsp3) is 0.667. The fourth-order valence-electron chi connectivity index (χ4n) is 1.39. The van der Waals surface area contributed by atoms with Crippen LogP contribution < -0.4 is 0 Å². The highest BCUT2D eigenvalue weighted by molar-refractivity contribution is 6.16. The molecule has 72 valence electrons. The van der Waals surface area contributed by atoms with Gasteiger partial charge in [-0.25, -0.2) is 0 Å². The Morgan fingerprint density at radius 1 is 1.77 bits per heavy atom. The summed E-state index contributed by atoms with van der Waals surface area (Å²) in [5, 5.41) is 2.39. The van der Waals surface area contributed by atoms with Gasteiger partial charge in [-0.15, -0.1) is 11.5 Å². The van der Waals surface area contributed by atoms with E-state index in [1.807, 2.05) is 13.0 Å². The van der Waals surface area contributed by atoms with Crippen LogP contribution in [0.25, 0.3) is 0 Å². The number of nitroso groups, excluding NO2 is 1. The molecule has 1 unspecified atom stereocenters. The molecule has 4 heteroatoms. The van der Waals surface area contributed by atoms with Crippen LogP contribution in [0, 0.1) is 10.8 Å². The summed E-state index contributed by atoms with van der Waals surface area (Å²) < 4.78 is 0. The minimum Gasteiger partial charge on any atom is -0.269 e. The number of carbonyl (C=O) groups is 1. The van der Waals surface area contributed by atoms with Gasteiger partial charge in [0.2, 0.25) is 0 Å². The molecule has 0 aliphatic carbocycles. The van der Waals surface area contributed by atoms with Crippen molar-refractivity contribution in [1.29, 1.82) is 0 Å². The Morgan fingerprint density at radius 2 is 2.31 bits per heavy atom. The molecule has 0 heterocycles. The Hall–Kier alpha value is -0.925. The number of hydrogen-bond acceptors (Lipinski definition) is 2. The summed E-state index contributed by atoms with van der Waals surface area (Å²) in [7, 11) is 2.05. The molecule has 0 aromatic carbocycles. The number of amides is 1. The average molecular weight is 181 g/mol. The van der Waals surface area contributed by atoms with Crippen LogP contribution in [0.1, 0.15) is 26.7 Å². The topological polar surface area (TPSA) is 46.5 Å². The smallest absolute Gasteiger partial charge is 0.269 e. The van der Waals surface area contributed by atoms with E-state index in [0.717, 1.165) is 6.42 Å². The summed E-state index contributed by atoms with van der Waals surface area (Å²) in [6, 6.07) is 0. The lowest BCUT2D eigenvalue weighted by molar-refractivity contribution is -0.118. The van der Waals surface area contributed by atoms with E-state index in [1.54, 1.807) is 0 Å². The van der Waals surface area contributed by atoms with E-state index < -0.39 is 5.91 Å². The summed E-state index contributed by atoms with van der Waals surface area (Å²) in [5.41, 5.74) is 0. The molecule has 0 spiro atoms. The van der Waals surface area contributed by atoms with E-state index in [-0.39, 0.29) is 17.7 Å². The highest BCUT2D eigenvalue weighted by Gasteiger charge is 2.19. The van der Waals surface area contributed by atoms with Crippen LogP contribution in [0.5, 0.6) is 0 Å². The predicted molar refractivity (Wildman–Crippen MR) is 56.3 cm³/mol. The molecule has 0 rings (SSSR count). The number of allylic oxidation sites excluding steroid dienone is 1. The molecule has 0 saturated heterocycles. The highest BCUT2D eigenvalue weighted by Crippen LogP contribution is 2.31. The van der Waals surface area contributed by atoms with Crippen molar-refractivity contribution in [1.82, 2.24) is 0 Å². The Bertz CT molecular complexity index is 214. The van der Waals surface area contributed by atoms with E-state index in [0.29, 0.717) is 0 Å². The summed E-state index contributed by atoms with van der Waals surface area (Å²) >= 11 is 0. The third kappa shape index (κ3) is 5.34. The van der Waals surface area contributed by atoms with Crippen LogP contribution in [0.15, 0.2) is 17.8 Å². The minimum absolute atomic E-state index is 0.0164. The quantitative estimate of drug-likeness (QED) is 0.368. The van der Waals surface area contributed by atoms with Gasteiger partial charge in [-0.3, -0.25) is 4.79 Å². The van der Waals surface area contributed by atoms with Crippen molar-refractivity contribution < 1.29 is 4.79 Å². The van der Waals surface area contributed by atoms with Crippen molar-refractivity contribution in [2.75, 3.05) is 0 Å². The van der Waals surface area contributed by atoms with Gasteiger partial charge in [0.1, 0.15) is 7.85 Å². The highest BCUT2D eigenvalue weighted by atomic mass is 16.3. The molecular formula is C9H16BNO2. The van der Waals surface area contributed by atoms with Crippen LogP contribution in [-0.2, 0) is 4.79 Å². The fourth-order valence-corrected chi connectivity index (χ4v) is 1.39. The van der Waals surface area contributed by atoms with Gasteiger partial charge in [-0.1, -0.05) is 19.9 Å². The molecular weight excluding hydrogens is 165 g/mol. The maximum atomic E-state index is 10.7. The molecule has 0 aromatic heterocycles. The minimum atomic E-state index is -0.563. The summed E-state index contributed by atoms with van der Waals surface area (Å²) in [4.78, 5) is 20.5. The second-order valence-corrected chi connectivity index (χ2v) is 4.19. The van der Waals surface area contributed by atoms with Gasteiger partial charge >= 0.3 is 0 Å². The second kappa shape index (κ2) is 4.95. The monoisotopic (exact) mass is 181 g/mol. The molecule has 2 atom stereocenters. The van der Waals surface area contributed by atoms with E-state index in [1.165, 1.54) is 0 Å². The number of carbonyl (C=O) groups excluding carboxylic acids is 1. The molecule has 0 radical (unpaired) electrons. The zero-order chi connectivity index (χ0) is 10.5. The van der Waals surface area contributed by atoms with Crippen molar-refractivity contribution >= 4 is 13.8 Å². The van der Waals surface area contributed by atoms with Gasteiger partial charge in [0.05, 0.1) is 0 Å². The maximum Gasteiger partial charge on any atom is 0.286 e. The Morgan fingerprint density at radius 3 is 2.69 bits per heavy atom. The molecule has 0 saturated carbocycles. The molecule has 0 aliphatic rings. The van der Waals surface area contributed by atoms with Gasteiger partial charge < -0.3 is 0 Å². The van der Waals surface area contributed by atoms with Crippen molar-refractivity contribution in [3.8, 4) is 0 Å².